The van der Waals surface area contributed by atoms with Gasteiger partial charge in [0.1, 0.15) is 11.5 Å². The number of benzene rings is 1. The third-order valence-corrected chi connectivity index (χ3v) is 3.20. The summed E-state index contributed by atoms with van der Waals surface area (Å²) in [6.07, 6.45) is 1.58. The smallest absolute Gasteiger partial charge is 0.338 e. The van der Waals surface area contributed by atoms with Crippen LogP contribution < -0.4 is 9.47 Å². The van der Waals surface area contributed by atoms with Crippen molar-refractivity contribution in [1.82, 2.24) is 4.98 Å². The lowest BCUT2D eigenvalue weighted by atomic mass is 10.0. The van der Waals surface area contributed by atoms with E-state index in [1.165, 1.54) is 21.3 Å². The lowest BCUT2D eigenvalue weighted by Gasteiger charge is -2.13. The third kappa shape index (κ3) is 2.90. The fraction of sp³-hybridized carbons (Fsp3) is 0.375. The Hall–Kier alpha value is -2.50. The number of aromatic nitrogens is 1. The molecule has 0 saturated heterocycles. The van der Waals surface area contributed by atoms with Crippen LogP contribution in [0.15, 0.2) is 22.7 Å². The van der Waals surface area contributed by atoms with Crippen molar-refractivity contribution in [3.8, 4) is 22.8 Å². The molecule has 0 aliphatic rings. The van der Waals surface area contributed by atoms with Crippen molar-refractivity contribution >= 4 is 5.97 Å². The van der Waals surface area contributed by atoms with Gasteiger partial charge in [-0.3, -0.25) is 0 Å². The van der Waals surface area contributed by atoms with Gasteiger partial charge in [-0.15, -0.1) is 0 Å². The molecule has 0 aliphatic carbocycles. The minimum Gasteiger partial charge on any atom is -0.497 e. The summed E-state index contributed by atoms with van der Waals surface area (Å²) < 4.78 is 21.1. The highest BCUT2D eigenvalue weighted by Gasteiger charge is 2.23. The number of esters is 1. The molecule has 2 rings (SSSR count). The highest BCUT2D eigenvalue weighted by Crippen LogP contribution is 2.38. The van der Waals surface area contributed by atoms with E-state index in [2.05, 4.69) is 4.98 Å². The Labute approximate surface area is 129 Å². The number of carbonyl (C=O) groups is 1. The first-order chi connectivity index (χ1) is 10.5. The normalized spacial score (nSPS) is 10.6. The second-order valence-electron chi connectivity index (χ2n) is 4.96. The Balaban J connectivity index is 2.67. The first-order valence-electron chi connectivity index (χ1n) is 6.82. The quantitative estimate of drug-likeness (QED) is 0.790. The second-order valence-corrected chi connectivity index (χ2v) is 4.96. The molecule has 0 radical (unpaired) electrons. The fourth-order valence-electron chi connectivity index (χ4n) is 2.06. The van der Waals surface area contributed by atoms with Crippen molar-refractivity contribution in [1.29, 1.82) is 0 Å². The van der Waals surface area contributed by atoms with Gasteiger partial charge >= 0.3 is 5.97 Å². The highest BCUT2D eigenvalue weighted by molar-refractivity contribution is 5.98. The van der Waals surface area contributed by atoms with Gasteiger partial charge in [-0.2, -0.15) is 0 Å². The van der Waals surface area contributed by atoms with Crippen LogP contribution in [0.1, 0.15) is 36.0 Å². The number of methoxy groups -OCH3 is 3. The lowest BCUT2D eigenvalue weighted by Crippen LogP contribution is -2.05. The van der Waals surface area contributed by atoms with Crippen LogP contribution >= 0.6 is 0 Å². The molecule has 0 atom stereocenters. The Bertz CT molecular complexity index is 675. The number of nitrogens with zero attached hydrogens (tertiary/aromatic N) is 1. The number of ether oxygens (including phenoxy) is 3. The molecule has 0 bridgehead atoms. The molecule has 0 spiro atoms. The topological polar surface area (TPSA) is 70.8 Å². The van der Waals surface area contributed by atoms with Crippen molar-refractivity contribution in [3.05, 3.63) is 29.8 Å². The molecule has 0 unspecified atom stereocenters. The Morgan fingerprint density at radius 2 is 1.91 bits per heavy atom. The monoisotopic (exact) mass is 305 g/mol. The molecular formula is C16H19NO5. The maximum Gasteiger partial charge on any atom is 0.338 e. The predicted molar refractivity (Wildman–Crippen MR) is 80.5 cm³/mol. The molecule has 0 amide bonds. The van der Waals surface area contributed by atoms with Crippen LogP contribution in [0, 0.1) is 0 Å². The summed E-state index contributed by atoms with van der Waals surface area (Å²) in [6, 6.07) is 3.26. The van der Waals surface area contributed by atoms with Crippen molar-refractivity contribution in [3.63, 3.8) is 0 Å². The standard InChI is InChI=1S/C16H19NO5/c1-9(2)15-17-8-13(22-15)14-11(16(18)21-5)6-10(19-3)7-12(14)20-4/h6-9H,1-5H3. The van der Waals surface area contributed by atoms with E-state index in [-0.39, 0.29) is 5.92 Å². The van der Waals surface area contributed by atoms with Gasteiger partial charge in [0.05, 0.1) is 38.7 Å². The molecule has 1 heterocycles. The van der Waals surface area contributed by atoms with Crippen molar-refractivity contribution in [2.24, 2.45) is 0 Å². The first-order valence-corrected chi connectivity index (χ1v) is 6.82. The predicted octanol–water partition coefficient (Wildman–Crippen LogP) is 3.27. The van der Waals surface area contributed by atoms with E-state index in [0.29, 0.717) is 34.3 Å². The molecule has 0 fully saturated rings. The summed E-state index contributed by atoms with van der Waals surface area (Å²) in [5.74, 6) is 1.61. The van der Waals surface area contributed by atoms with E-state index in [1.807, 2.05) is 13.8 Å². The SMILES string of the molecule is COC(=O)c1cc(OC)cc(OC)c1-c1cnc(C(C)C)o1. The van der Waals surface area contributed by atoms with Crippen LogP contribution in [0.25, 0.3) is 11.3 Å². The number of hydrogen-bond donors (Lipinski definition) is 0. The van der Waals surface area contributed by atoms with E-state index in [0.717, 1.165) is 0 Å². The van der Waals surface area contributed by atoms with Gasteiger partial charge in [-0.05, 0) is 6.07 Å². The van der Waals surface area contributed by atoms with E-state index in [4.69, 9.17) is 18.6 Å². The van der Waals surface area contributed by atoms with Gasteiger partial charge in [0.2, 0.25) is 0 Å². The van der Waals surface area contributed by atoms with Gasteiger partial charge in [-0.1, -0.05) is 13.8 Å². The molecule has 6 heteroatoms. The van der Waals surface area contributed by atoms with E-state index in [9.17, 15) is 4.79 Å². The number of rotatable bonds is 5. The van der Waals surface area contributed by atoms with E-state index in [1.54, 1.807) is 18.3 Å². The molecule has 6 nitrogen and oxygen atoms in total. The maximum absolute atomic E-state index is 12.1. The Morgan fingerprint density at radius 1 is 1.18 bits per heavy atom. The Kier molecular flexibility index (Phi) is 4.70. The van der Waals surface area contributed by atoms with Crippen molar-refractivity contribution in [2.75, 3.05) is 21.3 Å². The van der Waals surface area contributed by atoms with Crippen molar-refractivity contribution < 1.29 is 23.4 Å². The zero-order chi connectivity index (χ0) is 16.3. The molecule has 2 aromatic rings. The average molecular weight is 305 g/mol. The van der Waals surface area contributed by atoms with E-state index < -0.39 is 5.97 Å². The summed E-state index contributed by atoms with van der Waals surface area (Å²) in [5.41, 5.74) is 0.791. The van der Waals surface area contributed by atoms with Crippen LogP contribution in [-0.4, -0.2) is 32.3 Å². The minimum atomic E-state index is -0.505. The first kappa shape index (κ1) is 15.9. The molecule has 0 saturated carbocycles. The van der Waals surface area contributed by atoms with Crippen LogP contribution in [0.5, 0.6) is 11.5 Å². The van der Waals surface area contributed by atoms with Gasteiger partial charge in [0, 0.05) is 12.0 Å². The summed E-state index contributed by atoms with van der Waals surface area (Å²) in [5, 5.41) is 0. The minimum absolute atomic E-state index is 0.138. The van der Waals surface area contributed by atoms with Crippen LogP contribution in [0.3, 0.4) is 0 Å². The van der Waals surface area contributed by atoms with Gasteiger partial charge in [-0.25, -0.2) is 9.78 Å². The summed E-state index contributed by atoms with van der Waals surface area (Å²) in [4.78, 5) is 16.3. The maximum atomic E-state index is 12.1. The van der Waals surface area contributed by atoms with Crippen molar-refractivity contribution in [2.45, 2.75) is 19.8 Å². The molecule has 22 heavy (non-hydrogen) atoms. The second kappa shape index (κ2) is 6.51. The zero-order valence-electron chi connectivity index (χ0n) is 13.3. The molecule has 118 valence electrons. The van der Waals surface area contributed by atoms with Gasteiger partial charge < -0.3 is 18.6 Å². The lowest BCUT2D eigenvalue weighted by molar-refractivity contribution is 0.0600. The molecular weight excluding hydrogens is 286 g/mol. The summed E-state index contributed by atoms with van der Waals surface area (Å²) in [6.45, 7) is 3.95. The Morgan fingerprint density at radius 3 is 2.41 bits per heavy atom. The fourth-order valence-corrected chi connectivity index (χ4v) is 2.06. The average Bonchev–Trinajstić information content (AvgIpc) is 3.02. The zero-order valence-corrected chi connectivity index (χ0v) is 13.3. The summed E-state index contributed by atoms with van der Waals surface area (Å²) >= 11 is 0. The molecule has 0 aliphatic heterocycles. The summed E-state index contributed by atoms with van der Waals surface area (Å²) in [7, 11) is 4.35. The van der Waals surface area contributed by atoms with Gasteiger partial charge in [0.15, 0.2) is 11.7 Å². The molecule has 1 aromatic carbocycles. The number of oxazole rings is 1. The third-order valence-electron chi connectivity index (χ3n) is 3.20. The number of carbonyl (C=O) groups excluding carboxylic acids is 1. The molecule has 1 aromatic heterocycles. The number of hydrogen-bond acceptors (Lipinski definition) is 6. The van der Waals surface area contributed by atoms with Crippen LogP contribution in [0.2, 0.25) is 0 Å². The highest BCUT2D eigenvalue weighted by atomic mass is 16.5. The van der Waals surface area contributed by atoms with Crippen LogP contribution in [0.4, 0.5) is 0 Å². The van der Waals surface area contributed by atoms with E-state index >= 15 is 0 Å². The van der Waals surface area contributed by atoms with Gasteiger partial charge in [0.25, 0.3) is 0 Å². The molecule has 0 N–H and O–H groups in total. The largest absolute Gasteiger partial charge is 0.497 e. The van der Waals surface area contributed by atoms with Crippen LogP contribution in [-0.2, 0) is 4.74 Å².